The first-order valence-electron chi connectivity index (χ1n) is 9.73. The maximum Gasteiger partial charge on any atom is 0.229 e. The van der Waals surface area contributed by atoms with E-state index in [1.807, 2.05) is 37.3 Å². The minimum atomic E-state index is -0.0803. The van der Waals surface area contributed by atoms with Crippen LogP contribution in [0.5, 0.6) is 11.5 Å². The molecule has 0 bridgehead atoms. The molecule has 2 heterocycles. The number of para-hydroxylation sites is 1. The number of hydrogen-bond donors (Lipinski definition) is 1. The molecule has 3 aromatic rings. The molecule has 2 aromatic carbocycles. The third kappa shape index (κ3) is 4.00. The van der Waals surface area contributed by atoms with Crippen molar-refractivity contribution in [2.75, 3.05) is 37.5 Å². The molecule has 1 fully saturated rings. The Morgan fingerprint density at radius 2 is 1.97 bits per heavy atom. The molecule has 1 aliphatic heterocycles. The summed E-state index contributed by atoms with van der Waals surface area (Å²) in [5.74, 6) is 1.21. The van der Waals surface area contributed by atoms with Crippen molar-refractivity contribution in [2.45, 2.75) is 19.8 Å². The molecule has 7 heteroatoms. The third-order valence-corrected chi connectivity index (χ3v) is 6.43. The monoisotopic (exact) mass is 411 g/mol. The van der Waals surface area contributed by atoms with Gasteiger partial charge in [-0.2, -0.15) is 0 Å². The fourth-order valence-electron chi connectivity index (χ4n) is 3.71. The van der Waals surface area contributed by atoms with Crippen molar-refractivity contribution in [3.63, 3.8) is 0 Å². The summed E-state index contributed by atoms with van der Waals surface area (Å²) in [5, 5.41) is 4.08. The lowest BCUT2D eigenvalue weighted by Gasteiger charge is -2.31. The topological polar surface area (TPSA) is 63.7 Å². The summed E-state index contributed by atoms with van der Waals surface area (Å²) in [5.41, 5.74) is 2.71. The van der Waals surface area contributed by atoms with Crippen LogP contribution < -0.4 is 19.7 Å². The Morgan fingerprint density at radius 1 is 1.21 bits per heavy atom. The highest BCUT2D eigenvalue weighted by atomic mass is 32.1. The van der Waals surface area contributed by atoms with E-state index in [4.69, 9.17) is 14.5 Å². The molecule has 6 nitrogen and oxygen atoms in total. The average Bonchev–Trinajstić information content (AvgIpc) is 3.19. The minimum absolute atomic E-state index is 0.0335. The van der Waals surface area contributed by atoms with Crippen LogP contribution in [0.1, 0.15) is 18.4 Å². The number of nitrogens with zero attached hydrogens (tertiary/aromatic N) is 2. The third-order valence-electron chi connectivity index (χ3n) is 5.33. The number of ether oxygens (including phenoxy) is 2. The highest BCUT2D eigenvalue weighted by molar-refractivity contribution is 7.22. The fraction of sp³-hybridized carbons (Fsp3) is 0.364. The van der Waals surface area contributed by atoms with Crippen LogP contribution in [0.15, 0.2) is 36.4 Å². The van der Waals surface area contributed by atoms with Crippen molar-refractivity contribution in [3.05, 3.63) is 42.0 Å². The number of rotatable bonds is 5. The highest BCUT2D eigenvalue weighted by Crippen LogP contribution is 2.34. The number of benzene rings is 2. The van der Waals surface area contributed by atoms with E-state index >= 15 is 0 Å². The molecule has 1 aromatic heterocycles. The molecule has 1 amide bonds. The van der Waals surface area contributed by atoms with Crippen molar-refractivity contribution >= 4 is 38.3 Å². The number of anilines is 2. The number of thiazole rings is 1. The first kappa shape index (κ1) is 19.5. The molecule has 0 aliphatic carbocycles. The number of aromatic nitrogens is 1. The molecule has 0 spiro atoms. The van der Waals surface area contributed by atoms with Crippen molar-refractivity contribution < 1.29 is 14.3 Å². The van der Waals surface area contributed by atoms with Crippen LogP contribution in [-0.4, -0.2) is 38.2 Å². The van der Waals surface area contributed by atoms with E-state index in [0.29, 0.717) is 18.0 Å². The van der Waals surface area contributed by atoms with Gasteiger partial charge in [0.15, 0.2) is 16.6 Å². The molecule has 29 heavy (non-hydrogen) atoms. The molecule has 0 radical (unpaired) electrons. The number of hydrogen-bond acceptors (Lipinski definition) is 6. The largest absolute Gasteiger partial charge is 0.493 e. The number of carbonyl (C=O) groups excluding carboxylic acids is 1. The lowest BCUT2D eigenvalue weighted by Crippen LogP contribution is -2.40. The molecule has 0 unspecified atom stereocenters. The van der Waals surface area contributed by atoms with E-state index in [2.05, 4.69) is 16.3 Å². The second kappa shape index (κ2) is 8.29. The van der Waals surface area contributed by atoms with Gasteiger partial charge in [-0.05, 0) is 43.5 Å². The first-order valence-corrected chi connectivity index (χ1v) is 10.5. The van der Waals surface area contributed by atoms with Gasteiger partial charge in [-0.15, -0.1) is 0 Å². The predicted molar refractivity (Wildman–Crippen MR) is 117 cm³/mol. The van der Waals surface area contributed by atoms with Gasteiger partial charge in [0.1, 0.15) is 0 Å². The maximum atomic E-state index is 13.0. The van der Waals surface area contributed by atoms with Gasteiger partial charge >= 0.3 is 0 Å². The fourth-order valence-corrected chi connectivity index (χ4v) is 4.71. The lowest BCUT2D eigenvalue weighted by atomic mass is 9.97. The van der Waals surface area contributed by atoms with Gasteiger partial charge in [0.25, 0.3) is 0 Å². The zero-order valence-corrected chi connectivity index (χ0v) is 17.7. The summed E-state index contributed by atoms with van der Waals surface area (Å²) in [6, 6.07) is 11.8. The highest BCUT2D eigenvalue weighted by Gasteiger charge is 2.28. The van der Waals surface area contributed by atoms with Crippen molar-refractivity contribution in [2.24, 2.45) is 5.92 Å². The Hall–Kier alpha value is -2.80. The summed E-state index contributed by atoms with van der Waals surface area (Å²) < 4.78 is 11.9. The average molecular weight is 412 g/mol. The predicted octanol–water partition coefficient (Wildman–Crippen LogP) is 4.48. The second-order valence-electron chi connectivity index (χ2n) is 7.26. The Balaban J connectivity index is 1.49. The van der Waals surface area contributed by atoms with Gasteiger partial charge in [-0.3, -0.25) is 4.79 Å². The van der Waals surface area contributed by atoms with E-state index in [-0.39, 0.29) is 11.8 Å². The van der Waals surface area contributed by atoms with E-state index in [1.165, 1.54) is 4.70 Å². The quantitative estimate of drug-likeness (QED) is 0.671. The van der Waals surface area contributed by atoms with Crippen molar-refractivity contribution in [3.8, 4) is 11.5 Å². The number of methoxy groups -OCH3 is 2. The van der Waals surface area contributed by atoms with Gasteiger partial charge < -0.3 is 19.7 Å². The van der Waals surface area contributed by atoms with E-state index in [0.717, 1.165) is 41.3 Å². The molecular weight excluding hydrogens is 386 g/mol. The lowest BCUT2D eigenvalue weighted by molar-refractivity contribution is -0.120. The molecule has 0 saturated carbocycles. The SMILES string of the molecule is COc1cc(C)c(NC(=O)[C@@H]2CCCN(c3nc4ccccc4s3)C2)cc1OC. The van der Waals surface area contributed by atoms with E-state index < -0.39 is 0 Å². The van der Waals surface area contributed by atoms with Crippen LogP contribution in [-0.2, 0) is 4.79 Å². The number of fused-ring (bicyclic) bond motifs is 1. The Kier molecular flexibility index (Phi) is 5.58. The molecule has 1 N–H and O–H groups in total. The van der Waals surface area contributed by atoms with Crippen molar-refractivity contribution in [1.29, 1.82) is 0 Å². The van der Waals surface area contributed by atoms with Crippen LogP contribution in [0.2, 0.25) is 0 Å². The standard InChI is InChI=1S/C22H25N3O3S/c1-14-11-18(27-2)19(28-3)12-17(14)23-21(26)15-7-6-10-25(13-15)22-24-16-8-4-5-9-20(16)29-22/h4-5,8-9,11-12,15H,6-7,10,13H2,1-3H3,(H,23,26)/t15-/m1/s1. The normalized spacial score (nSPS) is 16.7. The second-order valence-corrected chi connectivity index (χ2v) is 8.27. The molecule has 1 atom stereocenters. The van der Waals surface area contributed by atoms with Crippen LogP contribution >= 0.6 is 11.3 Å². The smallest absolute Gasteiger partial charge is 0.229 e. The number of piperidine rings is 1. The summed E-state index contributed by atoms with van der Waals surface area (Å²) in [4.78, 5) is 20.0. The number of nitrogens with one attached hydrogen (secondary N) is 1. The molecular formula is C22H25N3O3S. The van der Waals surface area contributed by atoms with Crippen molar-refractivity contribution in [1.82, 2.24) is 4.98 Å². The van der Waals surface area contributed by atoms with E-state index in [1.54, 1.807) is 25.6 Å². The molecule has 4 rings (SSSR count). The zero-order chi connectivity index (χ0) is 20.4. The maximum absolute atomic E-state index is 13.0. The van der Waals surface area contributed by atoms with Crippen LogP contribution in [0, 0.1) is 12.8 Å². The number of carbonyl (C=O) groups is 1. The van der Waals surface area contributed by atoms with Crippen LogP contribution in [0.3, 0.4) is 0 Å². The minimum Gasteiger partial charge on any atom is -0.493 e. The van der Waals surface area contributed by atoms with Crippen LogP contribution in [0.4, 0.5) is 10.8 Å². The van der Waals surface area contributed by atoms with Crippen LogP contribution in [0.25, 0.3) is 10.2 Å². The van der Waals surface area contributed by atoms with Gasteiger partial charge in [0.2, 0.25) is 5.91 Å². The Bertz CT molecular complexity index is 1000. The number of aryl methyl sites for hydroxylation is 1. The zero-order valence-electron chi connectivity index (χ0n) is 16.9. The summed E-state index contributed by atoms with van der Waals surface area (Å²) in [6.45, 7) is 3.56. The first-order chi connectivity index (χ1) is 14.1. The summed E-state index contributed by atoms with van der Waals surface area (Å²) in [6.07, 6.45) is 1.85. The van der Waals surface area contributed by atoms with Gasteiger partial charge in [0, 0.05) is 24.8 Å². The van der Waals surface area contributed by atoms with E-state index in [9.17, 15) is 4.79 Å². The molecule has 1 aliphatic rings. The molecule has 152 valence electrons. The molecule has 1 saturated heterocycles. The summed E-state index contributed by atoms with van der Waals surface area (Å²) >= 11 is 1.69. The Labute approximate surface area is 174 Å². The number of amides is 1. The van der Waals surface area contributed by atoms with Gasteiger partial charge in [0.05, 0.1) is 30.4 Å². The Morgan fingerprint density at radius 3 is 2.72 bits per heavy atom. The van der Waals surface area contributed by atoms with Gasteiger partial charge in [-0.25, -0.2) is 4.98 Å². The summed E-state index contributed by atoms with van der Waals surface area (Å²) in [7, 11) is 3.20. The van der Waals surface area contributed by atoms with Gasteiger partial charge in [-0.1, -0.05) is 23.5 Å².